The summed E-state index contributed by atoms with van der Waals surface area (Å²) in [5, 5.41) is 9.84. The molecule has 3 aromatic rings. The van der Waals surface area contributed by atoms with E-state index in [9.17, 15) is 0 Å². The number of hydrogen-bond donors (Lipinski definition) is 1. The standard InChI is InChI=1S/C12H12N6S/c1-7-10(13)14-8(2)15-11(7)19-12-17-16-9-5-3-4-6-18(9)12/h3-6H,1-2H3,(H2,13,14,15). The van der Waals surface area contributed by atoms with Crippen LogP contribution < -0.4 is 5.73 Å². The molecule has 0 aromatic carbocycles. The molecule has 0 aliphatic heterocycles. The fraction of sp³-hybridized carbons (Fsp3) is 0.167. The molecular weight excluding hydrogens is 260 g/mol. The van der Waals surface area contributed by atoms with Gasteiger partial charge in [-0.2, -0.15) is 0 Å². The third-order valence-corrected chi connectivity index (χ3v) is 3.77. The van der Waals surface area contributed by atoms with Crippen LogP contribution >= 0.6 is 11.8 Å². The van der Waals surface area contributed by atoms with Crippen molar-refractivity contribution in [1.82, 2.24) is 24.6 Å². The minimum Gasteiger partial charge on any atom is -0.383 e. The Morgan fingerprint density at radius 1 is 1.16 bits per heavy atom. The van der Waals surface area contributed by atoms with Gasteiger partial charge in [-0.25, -0.2) is 9.97 Å². The number of rotatable bonds is 2. The Kier molecular flexibility index (Phi) is 2.83. The fourth-order valence-corrected chi connectivity index (χ4v) is 2.64. The summed E-state index contributed by atoms with van der Waals surface area (Å²) in [6.07, 6.45) is 1.92. The summed E-state index contributed by atoms with van der Waals surface area (Å²) in [4.78, 5) is 8.54. The second kappa shape index (κ2) is 4.51. The summed E-state index contributed by atoms with van der Waals surface area (Å²) < 4.78 is 1.91. The number of nitrogens with zero attached hydrogens (tertiary/aromatic N) is 5. The van der Waals surface area contributed by atoms with Crippen molar-refractivity contribution in [3.63, 3.8) is 0 Å². The smallest absolute Gasteiger partial charge is 0.201 e. The minimum atomic E-state index is 0.504. The SMILES string of the molecule is Cc1nc(N)c(C)c(Sc2nnc3ccccn23)n1. The molecule has 0 aliphatic carbocycles. The van der Waals surface area contributed by atoms with Crippen LogP contribution in [0.4, 0.5) is 5.82 Å². The van der Waals surface area contributed by atoms with Crippen LogP contribution in [0.15, 0.2) is 34.6 Å². The number of fused-ring (bicyclic) bond motifs is 1. The van der Waals surface area contributed by atoms with E-state index in [1.54, 1.807) is 0 Å². The molecule has 0 bridgehead atoms. The lowest BCUT2D eigenvalue weighted by Gasteiger charge is -2.06. The van der Waals surface area contributed by atoms with Crippen molar-refractivity contribution in [2.45, 2.75) is 24.0 Å². The van der Waals surface area contributed by atoms with Crippen molar-refractivity contribution in [3.8, 4) is 0 Å². The molecule has 0 unspecified atom stereocenters. The largest absolute Gasteiger partial charge is 0.383 e. The Morgan fingerprint density at radius 3 is 2.84 bits per heavy atom. The van der Waals surface area contributed by atoms with E-state index < -0.39 is 0 Å². The number of anilines is 1. The van der Waals surface area contributed by atoms with Crippen LogP contribution in [0.3, 0.4) is 0 Å². The number of hydrogen-bond acceptors (Lipinski definition) is 6. The number of aryl methyl sites for hydroxylation is 1. The van der Waals surface area contributed by atoms with Crippen LogP contribution in [0, 0.1) is 13.8 Å². The van der Waals surface area contributed by atoms with E-state index in [-0.39, 0.29) is 0 Å². The third-order valence-electron chi connectivity index (χ3n) is 2.72. The lowest BCUT2D eigenvalue weighted by atomic mass is 10.3. The number of nitrogens with two attached hydrogens (primary N) is 1. The molecule has 96 valence electrons. The molecule has 0 saturated carbocycles. The molecular formula is C12H12N6S. The van der Waals surface area contributed by atoms with Crippen LogP contribution in [0.5, 0.6) is 0 Å². The molecule has 0 saturated heterocycles. The highest BCUT2D eigenvalue weighted by Crippen LogP contribution is 2.29. The monoisotopic (exact) mass is 272 g/mol. The highest BCUT2D eigenvalue weighted by Gasteiger charge is 2.12. The van der Waals surface area contributed by atoms with E-state index in [0.717, 1.165) is 21.4 Å². The van der Waals surface area contributed by atoms with Crippen LogP contribution in [-0.2, 0) is 0 Å². The first-order valence-corrected chi connectivity index (χ1v) is 6.55. The first-order valence-electron chi connectivity index (χ1n) is 5.73. The molecule has 0 spiro atoms. The van der Waals surface area contributed by atoms with Gasteiger partial charge in [0.15, 0.2) is 5.65 Å². The summed E-state index contributed by atoms with van der Waals surface area (Å²) >= 11 is 1.44. The summed E-state index contributed by atoms with van der Waals surface area (Å²) in [6.45, 7) is 3.72. The lowest BCUT2D eigenvalue weighted by Crippen LogP contribution is -2.01. The quantitative estimate of drug-likeness (QED) is 0.717. The Labute approximate surface area is 114 Å². The summed E-state index contributed by atoms with van der Waals surface area (Å²) in [7, 11) is 0. The van der Waals surface area contributed by atoms with Gasteiger partial charge in [0, 0.05) is 11.8 Å². The lowest BCUT2D eigenvalue weighted by molar-refractivity contribution is 0.901. The Balaban J connectivity index is 2.06. The molecule has 0 fully saturated rings. The van der Waals surface area contributed by atoms with Crippen molar-refractivity contribution in [2.75, 3.05) is 5.73 Å². The highest BCUT2D eigenvalue weighted by atomic mass is 32.2. The molecule has 0 radical (unpaired) electrons. The van der Waals surface area contributed by atoms with E-state index in [1.807, 2.05) is 42.6 Å². The Morgan fingerprint density at radius 2 is 2.00 bits per heavy atom. The van der Waals surface area contributed by atoms with Gasteiger partial charge in [-0.15, -0.1) is 10.2 Å². The van der Waals surface area contributed by atoms with Crippen LogP contribution in [-0.4, -0.2) is 24.6 Å². The number of aromatic nitrogens is 5. The molecule has 0 aliphatic rings. The van der Waals surface area contributed by atoms with E-state index in [0.29, 0.717) is 11.6 Å². The molecule has 6 nitrogen and oxygen atoms in total. The number of pyridine rings is 1. The predicted molar refractivity (Wildman–Crippen MR) is 73.0 cm³/mol. The number of nitrogen functional groups attached to an aromatic ring is 1. The molecule has 7 heteroatoms. The topological polar surface area (TPSA) is 82.0 Å². The molecule has 3 heterocycles. The molecule has 2 N–H and O–H groups in total. The van der Waals surface area contributed by atoms with Crippen molar-refractivity contribution in [2.24, 2.45) is 0 Å². The second-order valence-electron chi connectivity index (χ2n) is 4.10. The maximum absolute atomic E-state index is 5.86. The van der Waals surface area contributed by atoms with Crippen LogP contribution in [0.25, 0.3) is 5.65 Å². The Hall–Kier alpha value is -2.15. The highest BCUT2D eigenvalue weighted by molar-refractivity contribution is 7.99. The van der Waals surface area contributed by atoms with Crippen LogP contribution in [0.2, 0.25) is 0 Å². The second-order valence-corrected chi connectivity index (χ2v) is 5.06. The molecule has 19 heavy (non-hydrogen) atoms. The average Bonchev–Trinajstić information content (AvgIpc) is 2.79. The Bertz CT molecular complexity index is 751. The molecule has 3 rings (SSSR count). The molecule has 0 atom stereocenters. The van der Waals surface area contributed by atoms with Crippen molar-refractivity contribution < 1.29 is 0 Å². The zero-order chi connectivity index (χ0) is 13.4. The van der Waals surface area contributed by atoms with Gasteiger partial charge in [0.1, 0.15) is 16.7 Å². The van der Waals surface area contributed by atoms with Gasteiger partial charge < -0.3 is 5.73 Å². The summed E-state index contributed by atoms with van der Waals surface area (Å²) in [6, 6.07) is 5.77. The van der Waals surface area contributed by atoms with Crippen molar-refractivity contribution in [1.29, 1.82) is 0 Å². The zero-order valence-electron chi connectivity index (χ0n) is 10.5. The van der Waals surface area contributed by atoms with Gasteiger partial charge in [0.2, 0.25) is 5.16 Å². The molecule has 3 aromatic heterocycles. The minimum absolute atomic E-state index is 0.504. The maximum Gasteiger partial charge on any atom is 0.201 e. The normalized spacial score (nSPS) is 11.1. The predicted octanol–water partition coefficient (Wildman–Crippen LogP) is 1.87. The van der Waals surface area contributed by atoms with Crippen LogP contribution in [0.1, 0.15) is 11.4 Å². The fourth-order valence-electron chi connectivity index (χ4n) is 1.70. The summed E-state index contributed by atoms with van der Waals surface area (Å²) in [5.41, 5.74) is 7.53. The van der Waals surface area contributed by atoms with Crippen molar-refractivity contribution >= 4 is 23.2 Å². The van der Waals surface area contributed by atoms with Gasteiger partial charge >= 0.3 is 0 Å². The zero-order valence-corrected chi connectivity index (χ0v) is 11.3. The van der Waals surface area contributed by atoms with Gasteiger partial charge in [-0.05, 0) is 37.7 Å². The summed E-state index contributed by atoms with van der Waals surface area (Å²) in [5.74, 6) is 1.16. The maximum atomic E-state index is 5.86. The van der Waals surface area contributed by atoms with Crippen molar-refractivity contribution in [3.05, 3.63) is 35.8 Å². The van der Waals surface area contributed by atoms with E-state index >= 15 is 0 Å². The first-order chi connectivity index (χ1) is 9.15. The third kappa shape index (κ3) is 2.12. The molecule has 0 amide bonds. The average molecular weight is 272 g/mol. The van der Waals surface area contributed by atoms with Gasteiger partial charge in [-0.1, -0.05) is 6.07 Å². The van der Waals surface area contributed by atoms with Gasteiger partial charge in [0.25, 0.3) is 0 Å². The van der Waals surface area contributed by atoms with Gasteiger partial charge in [-0.3, -0.25) is 4.40 Å². The first kappa shape index (κ1) is 11.9. The van der Waals surface area contributed by atoms with E-state index in [4.69, 9.17) is 5.73 Å². The van der Waals surface area contributed by atoms with Gasteiger partial charge in [0.05, 0.1) is 0 Å². The van der Waals surface area contributed by atoms with E-state index in [1.165, 1.54) is 11.8 Å². The van der Waals surface area contributed by atoms with E-state index in [2.05, 4.69) is 20.2 Å².